The summed E-state index contributed by atoms with van der Waals surface area (Å²) < 4.78 is 0. The molecule has 4 bridgehead atoms. The maximum absolute atomic E-state index is 2.47. The van der Waals surface area contributed by atoms with Gasteiger partial charge in [-0.2, -0.15) is 0 Å². The van der Waals surface area contributed by atoms with Crippen LogP contribution in [-0.2, 0) is 0 Å². The Morgan fingerprint density at radius 3 is 1.81 bits per heavy atom. The van der Waals surface area contributed by atoms with Crippen molar-refractivity contribution in [3.8, 4) is 0 Å². The summed E-state index contributed by atoms with van der Waals surface area (Å²) in [6.07, 6.45) is 9.08. The maximum atomic E-state index is 2.47. The van der Waals surface area contributed by atoms with E-state index in [0.29, 0.717) is 10.8 Å². The Morgan fingerprint density at radius 1 is 0.938 bits per heavy atom. The summed E-state index contributed by atoms with van der Waals surface area (Å²) in [5.74, 6) is 4.78. The molecular weight excluding hydrogens is 192 g/mol. The largest absolute Gasteiger partial charge is 0.0959 e. The van der Waals surface area contributed by atoms with Crippen LogP contribution in [0, 0.1) is 34.5 Å². The molecule has 4 fully saturated rings. The van der Waals surface area contributed by atoms with Crippen molar-refractivity contribution in [2.24, 2.45) is 28.6 Å². The van der Waals surface area contributed by atoms with Gasteiger partial charge in [0.2, 0.25) is 0 Å². The second-order valence-electron chi connectivity index (χ2n) is 7.79. The standard InChI is InChI=1S/C16H27/c1-11(2)15-6-13-5-14(7-15)9-16(8-13,10-15)12(3)4/h11-13H,5-10H2,1-4H3/q+1/t13?,15-,16+. The van der Waals surface area contributed by atoms with Crippen LogP contribution in [0.5, 0.6) is 0 Å². The molecule has 0 aliphatic heterocycles. The molecule has 0 amide bonds. The molecule has 0 heterocycles. The Labute approximate surface area is 101 Å². The summed E-state index contributed by atoms with van der Waals surface area (Å²) in [4.78, 5) is 0. The van der Waals surface area contributed by atoms with Crippen molar-refractivity contribution in [3.05, 3.63) is 5.92 Å². The van der Waals surface area contributed by atoms with Crippen LogP contribution in [0.1, 0.15) is 66.2 Å². The zero-order valence-electron chi connectivity index (χ0n) is 11.5. The first-order valence-electron chi connectivity index (χ1n) is 7.29. The van der Waals surface area contributed by atoms with Crippen molar-refractivity contribution in [2.45, 2.75) is 66.2 Å². The highest BCUT2D eigenvalue weighted by Crippen LogP contribution is 2.69. The van der Waals surface area contributed by atoms with Gasteiger partial charge in [0.05, 0.1) is 25.2 Å². The van der Waals surface area contributed by atoms with E-state index in [9.17, 15) is 0 Å². The van der Waals surface area contributed by atoms with E-state index in [1.54, 1.807) is 12.8 Å². The average Bonchev–Trinajstić information content (AvgIpc) is 2.14. The van der Waals surface area contributed by atoms with Crippen LogP contribution in [0.15, 0.2) is 0 Å². The van der Waals surface area contributed by atoms with Gasteiger partial charge < -0.3 is 0 Å². The van der Waals surface area contributed by atoms with Gasteiger partial charge in [0.15, 0.2) is 0 Å². The lowest BCUT2D eigenvalue weighted by Crippen LogP contribution is -2.54. The van der Waals surface area contributed by atoms with E-state index < -0.39 is 0 Å². The Morgan fingerprint density at radius 2 is 1.44 bits per heavy atom. The van der Waals surface area contributed by atoms with Crippen molar-refractivity contribution < 1.29 is 0 Å². The van der Waals surface area contributed by atoms with E-state index in [1.807, 2.05) is 5.92 Å². The Hall–Kier alpha value is -0.130. The molecule has 4 rings (SSSR count). The van der Waals surface area contributed by atoms with Crippen LogP contribution in [0.25, 0.3) is 0 Å². The molecule has 0 radical (unpaired) electrons. The van der Waals surface area contributed by atoms with Crippen molar-refractivity contribution in [2.75, 3.05) is 0 Å². The van der Waals surface area contributed by atoms with Crippen LogP contribution in [-0.4, -0.2) is 0 Å². The molecule has 0 spiro atoms. The van der Waals surface area contributed by atoms with E-state index in [0.717, 1.165) is 17.8 Å². The normalized spacial score (nSPS) is 46.1. The van der Waals surface area contributed by atoms with E-state index >= 15 is 0 Å². The molecule has 4 saturated carbocycles. The first kappa shape index (κ1) is 11.0. The van der Waals surface area contributed by atoms with Crippen molar-refractivity contribution in [1.29, 1.82) is 0 Å². The summed E-state index contributed by atoms with van der Waals surface area (Å²) in [5, 5.41) is 0. The van der Waals surface area contributed by atoms with E-state index in [-0.39, 0.29) is 0 Å². The van der Waals surface area contributed by atoms with E-state index in [4.69, 9.17) is 0 Å². The molecule has 0 N–H and O–H groups in total. The van der Waals surface area contributed by atoms with Crippen molar-refractivity contribution >= 4 is 0 Å². The monoisotopic (exact) mass is 219 g/mol. The average molecular weight is 219 g/mol. The molecule has 0 saturated heterocycles. The molecule has 90 valence electrons. The minimum Gasteiger partial charge on any atom is -0.0621 e. The van der Waals surface area contributed by atoms with Gasteiger partial charge in [0.25, 0.3) is 0 Å². The van der Waals surface area contributed by atoms with E-state index in [2.05, 4.69) is 27.7 Å². The van der Waals surface area contributed by atoms with Gasteiger partial charge in [-0.3, -0.25) is 0 Å². The molecule has 0 nitrogen and oxygen atoms in total. The third-order valence-corrected chi connectivity index (χ3v) is 6.33. The Bertz CT molecular complexity index is 246. The van der Waals surface area contributed by atoms with Gasteiger partial charge in [0, 0.05) is 16.7 Å². The maximum Gasteiger partial charge on any atom is 0.0959 e. The second kappa shape index (κ2) is 3.21. The SMILES string of the molecule is CC(C)[C@@]12C[C+]3CC(C1)C[C@](C(C)C)(C3)C2. The fourth-order valence-corrected chi connectivity index (χ4v) is 5.38. The lowest BCUT2D eigenvalue weighted by molar-refractivity contribution is -0.104. The molecular formula is C16H27+. The van der Waals surface area contributed by atoms with Crippen molar-refractivity contribution in [3.63, 3.8) is 0 Å². The third kappa shape index (κ3) is 1.31. The van der Waals surface area contributed by atoms with Gasteiger partial charge in [-0.1, -0.05) is 27.7 Å². The fraction of sp³-hybridized carbons (Fsp3) is 0.938. The van der Waals surface area contributed by atoms with Gasteiger partial charge >= 0.3 is 0 Å². The number of hydrogen-bond donors (Lipinski definition) is 0. The number of hydrogen-bond acceptors (Lipinski definition) is 0. The van der Waals surface area contributed by atoms with Gasteiger partial charge in [-0.15, -0.1) is 0 Å². The summed E-state index contributed by atoms with van der Waals surface area (Å²) >= 11 is 0. The molecule has 4 aliphatic rings. The van der Waals surface area contributed by atoms with Crippen LogP contribution in [0.3, 0.4) is 0 Å². The highest BCUT2D eigenvalue weighted by molar-refractivity contribution is 5.19. The highest BCUT2D eigenvalue weighted by Gasteiger charge is 2.64. The first-order chi connectivity index (χ1) is 7.46. The summed E-state index contributed by atoms with van der Waals surface area (Å²) in [6, 6.07) is 0. The zero-order valence-corrected chi connectivity index (χ0v) is 11.5. The van der Waals surface area contributed by atoms with Crippen LogP contribution in [0.4, 0.5) is 0 Å². The summed E-state index contributed by atoms with van der Waals surface area (Å²) in [5.41, 5.74) is 1.41. The highest BCUT2D eigenvalue weighted by atomic mass is 14.6. The second-order valence-corrected chi connectivity index (χ2v) is 7.79. The Balaban J connectivity index is 1.97. The first-order valence-corrected chi connectivity index (χ1v) is 7.29. The van der Waals surface area contributed by atoms with Crippen molar-refractivity contribution in [1.82, 2.24) is 0 Å². The van der Waals surface area contributed by atoms with Gasteiger partial charge in [-0.05, 0) is 31.1 Å². The predicted molar refractivity (Wildman–Crippen MR) is 69.0 cm³/mol. The molecule has 1 unspecified atom stereocenters. The van der Waals surface area contributed by atoms with Crippen LogP contribution < -0.4 is 0 Å². The predicted octanol–water partition coefficient (Wildman–Crippen LogP) is 4.84. The molecule has 0 aromatic rings. The lowest BCUT2D eigenvalue weighted by Gasteiger charge is -2.60. The molecule has 16 heavy (non-hydrogen) atoms. The minimum absolute atomic E-state index is 0.707. The topological polar surface area (TPSA) is 0 Å². The van der Waals surface area contributed by atoms with Gasteiger partial charge in [0.1, 0.15) is 0 Å². The van der Waals surface area contributed by atoms with Gasteiger partial charge in [-0.25, -0.2) is 0 Å². The molecule has 0 aromatic carbocycles. The van der Waals surface area contributed by atoms with Crippen LogP contribution in [0.2, 0.25) is 0 Å². The quantitative estimate of drug-likeness (QED) is 0.583. The lowest BCUT2D eigenvalue weighted by atomic mass is 9.40. The Kier molecular flexibility index (Phi) is 2.20. The number of rotatable bonds is 2. The smallest absolute Gasteiger partial charge is 0.0621 e. The molecule has 0 aromatic heterocycles. The van der Waals surface area contributed by atoms with E-state index in [1.165, 1.54) is 25.7 Å². The molecule has 0 heteroatoms. The molecule has 3 atom stereocenters. The minimum atomic E-state index is 0.707. The molecule has 4 aliphatic carbocycles. The fourth-order valence-electron chi connectivity index (χ4n) is 5.38. The van der Waals surface area contributed by atoms with Crippen LogP contribution >= 0.6 is 0 Å². The third-order valence-electron chi connectivity index (χ3n) is 6.33. The summed E-state index contributed by atoms with van der Waals surface area (Å²) in [6.45, 7) is 9.90. The summed E-state index contributed by atoms with van der Waals surface area (Å²) in [7, 11) is 0. The zero-order chi connectivity index (χ0) is 11.6.